The van der Waals surface area contributed by atoms with E-state index in [9.17, 15) is 13.7 Å². The van der Waals surface area contributed by atoms with E-state index in [4.69, 9.17) is 9.72 Å². The molecule has 1 aliphatic carbocycles. The van der Waals surface area contributed by atoms with Gasteiger partial charge in [-0.3, -0.25) is 4.98 Å². The molecule has 1 saturated carbocycles. The highest BCUT2D eigenvalue weighted by molar-refractivity contribution is 7.90. The molecule has 2 atom stereocenters. The van der Waals surface area contributed by atoms with Crippen LogP contribution in [0.2, 0.25) is 0 Å². The van der Waals surface area contributed by atoms with E-state index in [0.29, 0.717) is 25.3 Å². The lowest BCUT2D eigenvalue weighted by Gasteiger charge is -2.34. The average molecular weight is 480 g/mol. The molecule has 0 spiro atoms. The van der Waals surface area contributed by atoms with Crippen LogP contribution in [0, 0.1) is 11.3 Å². The molecule has 0 unspecified atom stereocenters. The Labute approximate surface area is 199 Å². The smallest absolute Gasteiger partial charge is 0.216 e. The second-order valence-electron chi connectivity index (χ2n) is 9.95. The van der Waals surface area contributed by atoms with Crippen molar-refractivity contribution in [3.63, 3.8) is 0 Å². The van der Waals surface area contributed by atoms with E-state index in [1.54, 1.807) is 10.4 Å². The van der Waals surface area contributed by atoms with Crippen molar-refractivity contribution in [3.05, 3.63) is 35.8 Å². The third kappa shape index (κ3) is 3.69. The third-order valence-corrected chi connectivity index (χ3v) is 10.0. The SMILES string of the molecule is C[C@@H]1C[C@H](n2c(C3CCN(S(=O)(=O)C4CC4)CC3)nc3cnc4ccc(C#N)cc4c32)CCO1. The third-order valence-electron chi connectivity index (χ3n) is 7.62. The number of ether oxygens (including phenoxy) is 1. The van der Waals surface area contributed by atoms with Crippen LogP contribution in [-0.4, -0.2) is 58.3 Å². The molecular weight excluding hydrogens is 450 g/mol. The fourth-order valence-electron chi connectivity index (χ4n) is 5.68. The number of sulfonamides is 1. The first kappa shape index (κ1) is 22.0. The molecular formula is C25H29N5O3S. The van der Waals surface area contributed by atoms with Gasteiger partial charge in [0.1, 0.15) is 11.3 Å². The van der Waals surface area contributed by atoms with Gasteiger partial charge in [0.25, 0.3) is 0 Å². The van der Waals surface area contributed by atoms with Gasteiger partial charge in [0, 0.05) is 37.0 Å². The van der Waals surface area contributed by atoms with Gasteiger partial charge in [0.15, 0.2) is 0 Å². The monoisotopic (exact) mass is 479 g/mol. The summed E-state index contributed by atoms with van der Waals surface area (Å²) in [6.07, 6.45) is 6.92. The van der Waals surface area contributed by atoms with Gasteiger partial charge in [-0.1, -0.05) is 0 Å². The van der Waals surface area contributed by atoms with Gasteiger partial charge in [-0.25, -0.2) is 17.7 Å². The van der Waals surface area contributed by atoms with Crippen LogP contribution < -0.4 is 0 Å². The first-order valence-electron chi connectivity index (χ1n) is 12.3. The standard InChI is InChI=1S/C25H29N5O3S/c1-16-12-19(8-11-33-16)30-24-21-13-17(14-26)2-5-22(21)27-15-23(24)28-25(30)18-6-9-29(10-7-18)34(31,32)20-3-4-20/h2,5,13,15-16,18-20H,3-4,6-12H2,1H3/t16-,19-/m1/s1. The number of nitriles is 1. The molecule has 2 aliphatic heterocycles. The topological polar surface area (TPSA) is 101 Å². The number of aromatic nitrogens is 3. The maximum Gasteiger partial charge on any atom is 0.216 e. The molecule has 2 aromatic heterocycles. The Bertz CT molecular complexity index is 1400. The predicted octanol–water partition coefficient (Wildman–Crippen LogP) is 3.87. The minimum atomic E-state index is -3.14. The summed E-state index contributed by atoms with van der Waals surface area (Å²) in [5.74, 6) is 1.21. The van der Waals surface area contributed by atoms with Crippen LogP contribution >= 0.6 is 0 Å². The van der Waals surface area contributed by atoms with E-state index in [0.717, 1.165) is 66.3 Å². The first-order chi connectivity index (χ1) is 16.5. The summed E-state index contributed by atoms with van der Waals surface area (Å²) in [4.78, 5) is 9.70. The zero-order valence-corrected chi connectivity index (χ0v) is 20.2. The predicted molar refractivity (Wildman–Crippen MR) is 129 cm³/mol. The van der Waals surface area contributed by atoms with E-state index < -0.39 is 10.0 Å². The summed E-state index contributed by atoms with van der Waals surface area (Å²) >= 11 is 0. The van der Waals surface area contributed by atoms with Crippen molar-refractivity contribution in [2.45, 2.75) is 68.8 Å². The maximum absolute atomic E-state index is 12.7. The van der Waals surface area contributed by atoms with Crippen molar-refractivity contribution < 1.29 is 13.2 Å². The molecule has 4 heterocycles. The van der Waals surface area contributed by atoms with Crippen molar-refractivity contribution in [2.75, 3.05) is 19.7 Å². The number of rotatable bonds is 4. The Morgan fingerprint density at radius 2 is 1.91 bits per heavy atom. The number of benzene rings is 1. The quantitative estimate of drug-likeness (QED) is 0.563. The van der Waals surface area contributed by atoms with E-state index in [1.165, 1.54) is 0 Å². The highest BCUT2D eigenvalue weighted by Gasteiger charge is 2.42. The van der Waals surface area contributed by atoms with Crippen LogP contribution in [0.4, 0.5) is 0 Å². The Morgan fingerprint density at radius 3 is 2.62 bits per heavy atom. The van der Waals surface area contributed by atoms with Gasteiger partial charge in [0.2, 0.25) is 10.0 Å². The molecule has 3 fully saturated rings. The lowest BCUT2D eigenvalue weighted by molar-refractivity contribution is 0.00593. The van der Waals surface area contributed by atoms with Crippen LogP contribution in [-0.2, 0) is 14.8 Å². The number of imidazole rings is 1. The summed E-state index contributed by atoms with van der Waals surface area (Å²) in [5.41, 5.74) is 3.33. The maximum atomic E-state index is 12.7. The zero-order valence-electron chi connectivity index (χ0n) is 19.4. The van der Waals surface area contributed by atoms with Crippen molar-refractivity contribution in [2.24, 2.45) is 0 Å². The normalized spacial score (nSPS) is 25.1. The largest absolute Gasteiger partial charge is 0.378 e. The van der Waals surface area contributed by atoms with Crippen LogP contribution in [0.15, 0.2) is 24.4 Å². The summed E-state index contributed by atoms with van der Waals surface area (Å²) in [7, 11) is -3.14. The number of pyridine rings is 1. The van der Waals surface area contributed by atoms with Gasteiger partial charge in [-0.05, 0) is 63.6 Å². The van der Waals surface area contributed by atoms with Gasteiger partial charge in [0.05, 0.1) is 40.2 Å². The molecule has 3 aromatic rings. The molecule has 0 N–H and O–H groups in total. The van der Waals surface area contributed by atoms with Crippen LogP contribution in [0.1, 0.15) is 68.8 Å². The summed E-state index contributed by atoms with van der Waals surface area (Å²) in [6.45, 7) is 3.91. The van der Waals surface area contributed by atoms with Gasteiger partial charge in [-0.15, -0.1) is 0 Å². The van der Waals surface area contributed by atoms with Crippen molar-refractivity contribution in [1.82, 2.24) is 18.8 Å². The molecule has 9 heteroatoms. The molecule has 1 aromatic carbocycles. The van der Waals surface area contributed by atoms with Crippen molar-refractivity contribution in [1.29, 1.82) is 5.26 Å². The van der Waals surface area contributed by atoms with E-state index in [1.807, 2.05) is 18.3 Å². The second-order valence-corrected chi connectivity index (χ2v) is 12.2. The number of hydrogen-bond acceptors (Lipinski definition) is 6. The van der Waals surface area contributed by atoms with Gasteiger partial charge >= 0.3 is 0 Å². The Kier molecular flexibility index (Phi) is 5.36. The molecule has 2 saturated heterocycles. The number of hydrogen-bond donors (Lipinski definition) is 0. The number of nitrogens with zero attached hydrogens (tertiary/aromatic N) is 5. The summed E-state index contributed by atoms with van der Waals surface area (Å²) in [6, 6.07) is 8.12. The zero-order chi connectivity index (χ0) is 23.4. The molecule has 8 nitrogen and oxygen atoms in total. The van der Waals surface area contributed by atoms with Crippen molar-refractivity contribution >= 4 is 32.0 Å². The molecule has 0 amide bonds. The lowest BCUT2D eigenvalue weighted by atomic mass is 9.95. The Balaban J connectivity index is 1.44. The Hall–Kier alpha value is -2.54. The number of fused-ring (bicyclic) bond motifs is 3. The van der Waals surface area contributed by atoms with E-state index in [2.05, 4.69) is 22.5 Å². The van der Waals surface area contributed by atoms with Crippen LogP contribution in [0.5, 0.6) is 0 Å². The second kappa shape index (κ2) is 8.29. The highest BCUT2D eigenvalue weighted by Crippen LogP contribution is 2.40. The fraction of sp³-hybridized carbons (Fsp3) is 0.560. The first-order valence-corrected chi connectivity index (χ1v) is 13.8. The molecule has 178 valence electrons. The van der Waals surface area contributed by atoms with E-state index in [-0.39, 0.29) is 23.3 Å². The van der Waals surface area contributed by atoms with Crippen LogP contribution in [0.3, 0.4) is 0 Å². The molecule has 0 bridgehead atoms. The van der Waals surface area contributed by atoms with Gasteiger partial charge < -0.3 is 9.30 Å². The molecule has 6 rings (SSSR count). The molecule has 34 heavy (non-hydrogen) atoms. The highest BCUT2D eigenvalue weighted by atomic mass is 32.2. The lowest BCUT2D eigenvalue weighted by Crippen LogP contribution is -2.40. The number of piperidine rings is 1. The minimum Gasteiger partial charge on any atom is -0.378 e. The Morgan fingerprint density at radius 1 is 1.12 bits per heavy atom. The van der Waals surface area contributed by atoms with E-state index >= 15 is 0 Å². The summed E-state index contributed by atoms with van der Waals surface area (Å²) in [5, 5.41) is 10.3. The van der Waals surface area contributed by atoms with Crippen molar-refractivity contribution in [3.8, 4) is 6.07 Å². The van der Waals surface area contributed by atoms with Crippen LogP contribution in [0.25, 0.3) is 21.9 Å². The van der Waals surface area contributed by atoms with Gasteiger partial charge in [-0.2, -0.15) is 5.26 Å². The average Bonchev–Trinajstić information content (AvgIpc) is 3.64. The molecule has 3 aliphatic rings. The summed E-state index contributed by atoms with van der Waals surface area (Å²) < 4.78 is 35.4. The fourth-order valence-corrected chi connectivity index (χ4v) is 7.55. The molecule has 0 radical (unpaired) electrons. The minimum absolute atomic E-state index is 0.163.